The molecule has 3 N–H and O–H groups in total. The normalized spacial score (nSPS) is 11.8. The molecule has 2 aromatic rings. The molecule has 0 spiro atoms. The lowest BCUT2D eigenvalue weighted by molar-refractivity contribution is -0.118. The van der Waals surface area contributed by atoms with Crippen LogP contribution in [0.4, 0.5) is 10.5 Å². The fourth-order valence-corrected chi connectivity index (χ4v) is 2.36. The van der Waals surface area contributed by atoms with Gasteiger partial charge in [0.15, 0.2) is 18.4 Å². The summed E-state index contributed by atoms with van der Waals surface area (Å²) in [6.45, 7) is 3.76. The molecule has 0 bridgehead atoms. The van der Waals surface area contributed by atoms with Gasteiger partial charge in [0.05, 0.1) is 11.9 Å². The topological polar surface area (TPSA) is 122 Å². The largest absolute Gasteiger partial charge is 0.465 e. The van der Waals surface area contributed by atoms with E-state index in [4.69, 9.17) is 9.52 Å². The maximum absolute atomic E-state index is 12.4. The van der Waals surface area contributed by atoms with Crippen molar-refractivity contribution in [2.75, 3.05) is 5.32 Å². The third kappa shape index (κ3) is 4.90. The molecule has 1 aromatic carbocycles. The molecule has 0 saturated carbocycles. The summed E-state index contributed by atoms with van der Waals surface area (Å²) >= 11 is 0. The van der Waals surface area contributed by atoms with Crippen LogP contribution >= 0.6 is 0 Å². The number of hydrogen-bond acceptors (Lipinski definition) is 5. The molecule has 25 heavy (non-hydrogen) atoms. The van der Waals surface area contributed by atoms with Crippen LogP contribution in [0.5, 0.6) is 0 Å². The van der Waals surface area contributed by atoms with Crippen molar-refractivity contribution in [2.45, 2.75) is 26.3 Å². The highest BCUT2D eigenvalue weighted by Gasteiger charge is 2.22. The quantitative estimate of drug-likeness (QED) is 0.663. The van der Waals surface area contributed by atoms with Gasteiger partial charge in [-0.2, -0.15) is 0 Å². The molecule has 0 aliphatic rings. The molecule has 2 amide bonds. The number of anilines is 1. The third-order valence-electron chi connectivity index (χ3n) is 3.47. The van der Waals surface area contributed by atoms with E-state index in [0.717, 1.165) is 0 Å². The minimum atomic E-state index is -1.28. The maximum Gasteiger partial charge on any atom is 0.405 e. The Hall–Kier alpha value is -3.16. The highest BCUT2D eigenvalue weighted by Crippen LogP contribution is 2.24. The molecule has 0 aliphatic carbocycles. The number of carboxylic acid groups (broad SMARTS) is 1. The van der Waals surface area contributed by atoms with E-state index in [-0.39, 0.29) is 11.5 Å². The van der Waals surface area contributed by atoms with Crippen molar-refractivity contribution in [2.24, 2.45) is 5.92 Å². The van der Waals surface area contributed by atoms with Gasteiger partial charge < -0.3 is 20.2 Å². The molecule has 8 nitrogen and oxygen atoms in total. The zero-order valence-electron chi connectivity index (χ0n) is 13.9. The molecule has 0 radical (unpaired) electrons. The van der Waals surface area contributed by atoms with E-state index in [2.05, 4.69) is 15.6 Å². The number of aldehydes is 1. The Balaban J connectivity index is 2.21. The average molecular weight is 345 g/mol. The second-order valence-corrected chi connectivity index (χ2v) is 5.91. The van der Waals surface area contributed by atoms with Crippen LogP contribution in [0.1, 0.15) is 30.6 Å². The lowest BCUT2D eigenvalue weighted by Crippen LogP contribution is -2.44. The van der Waals surface area contributed by atoms with Gasteiger partial charge in [0.1, 0.15) is 6.04 Å². The number of oxazole rings is 1. The van der Waals surface area contributed by atoms with Crippen LogP contribution in [0.25, 0.3) is 11.3 Å². The van der Waals surface area contributed by atoms with Crippen LogP contribution in [-0.4, -0.2) is 34.4 Å². The molecular weight excluding hydrogens is 326 g/mol. The van der Waals surface area contributed by atoms with E-state index < -0.39 is 18.0 Å². The van der Waals surface area contributed by atoms with Gasteiger partial charge in [-0.15, -0.1) is 0 Å². The molecule has 1 heterocycles. The molecule has 1 aromatic heterocycles. The summed E-state index contributed by atoms with van der Waals surface area (Å²) in [5, 5.41) is 13.7. The number of amides is 2. The summed E-state index contributed by atoms with van der Waals surface area (Å²) in [7, 11) is 0. The van der Waals surface area contributed by atoms with Crippen LogP contribution in [0.2, 0.25) is 0 Å². The Morgan fingerprint density at radius 3 is 2.68 bits per heavy atom. The summed E-state index contributed by atoms with van der Waals surface area (Å²) < 4.78 is 5.18. The predicted octanol–water partition coefficient (Wildman–Crippen LogP) is 2.77. The van der Waals surface area contributed by atoms with Crippen molar-refractivity contribution >= 4 is 24.0 Å². The number of benzene rings is 1. The van der Waals surface area contributed by atoms with Crippen LogP contribution in [0.3, 0.4) is 0 Å². The molecule has 132 valence electrons. The van der Waals surface area contributed by atoms with Gasteiger partial charge in [0.2, 0.25) is 5.91 Å². The Kier molecular flexibility index (Phi) is 5.89. The zero-order chi connectivity index (χ0) is 18.4. The second kappa shape index (κ2) is 8.09. The van der Waals surface area contributed by atoms with Gasteiger partial charge in [-0.3, -0.25) is 9.59 Å². The van der Waals surface area contributed by atoms with Gasteiger partial charge in [-0.25, -0.2) is 9.78 Å². The Bertz CT molecular complexity index is 756. The molecule has 0 fully saturated rings. The zero-order valence-corrected chi connectivity index (χ0v) is 13.9. The smallest absolute Gasteiger partial charge is 0.405 e. The minimum Gasteiger partial charge on any atom is -0.465 e. The molecule has 1 unspecified atom stereocenters. The van der Waals surface area contributed by atoms with Gasteiger partial charge in [0.25, 0.3) is 0 Å². The van der Waals surface area contributed by atoms with E-state index in [1.165, 1.54) is 12.6 Å². The molecule has 8 heteroatoms. The first-order chi connectivity index (χ1) is 11.9. The summed E-state index contributed by atoms with van der Waals surface area (Å²) in [6.07, 6.45) is 2.46. The van der Waals surface area contributed by atoms with Crippen molar-refractivity contribution in [3.8, 4) is 11.3 Å². The summed E-state index contributed by atoms with van der Waals surface area (Å²) in [5.74, 6) is 0.0831. The minimum absolute atomic E-state index is 0.113. The number of nitrogens with zero attached hydrogens (tertiary/aromatic N) is 1. The Morgan fingerprint density at radius 1 is 1.36 bits per heavy atom. The van der Waals surface area contributed by atoms with Gasteiger partial charge in [0, 0.05) is 11.1 Å². The van der Waals surface area contributed by atoms with Crippen LogP contribution in [-0.2, 0) is 4.79 Å². The number of carbonyl (C=O) groups is 3. The number of aromatic nitrogens is 1. The molecule has 0 saturated heterocycles. The van der Waals surface area contributed by atoms with Gasteiger partial charge >= 0.3 is 6.09 Å². The number of carbonyl (C=O) groups excluding carboxylic acids is 2. The van der Waals surface area contributed by atoms with Crippen LogP contribution < -0.4 is 10.6 Å². The summed E-state index contributed by atoms with van der Waals surface area (Å²) in [5.41, 5.74) is 1.19. The first-order valence-electron chi connectivity index (χ1n) is 7.69. The summed E-state index contributed by atoms with van der Waals surface area (Å²) in [6, 6.07) is 3.88. The van der Waals surface area contributed by atoms with E-state index in [0.29, 0.717) is 29.7 Å². The van der Waals surface area contributed by atoms with E-state index >= 15 is 0 Å². The Labute approximate surface area is 144 Å². The number of rotatable bonds is 7. The van der Waals surface area contributed by atoms with E-state index in [1.807, 2.05) is 13.8 Å². The predicted molar refractivity (Wildman–Crippen MR) is 90.4 cm³/mol. The van der Waals surface area contributed by atoms with Crippen molar-refractivity contribution in [1.29, 1.82) is 0 Å². The van der Waals surface area contributed by atoms with Crippen molar-refractivity contribution in [3.63, 3.8) is 0 Å². The fraction of sp³-hybridized carbons (Fsp3) is 0.294. The standard InChI is InChI=1S/C17H19N3O5/c1-10(2)5-14(20-17(23)24)16(22)19-13-4-3-11(6-12(13)8-21)15-7-18-9-25-15/h3-4,6-10,14,20H,5H2,1-2H3,(H,19,22)(H,23,24). The van der Waals surface area contributed by atoms with Crippen LogP contribution in [0, 0.1) is 5.92 Å². The van der Waals surface area contributed by atoms with Crippen molar-refractivity contribution in [3.05, 3.63) is 36.4 Å². The maximum atomic E-state index is 12.4. The fourth-order valence-electron chi connectivity index (χ4n) is 2.36. The second-order valence-electron chi connectivity index (χ2n) is 5.91. The average Bonchev–Trinajstić information content (AvgIpc) is 3.08. The molecule has 0 aliphatic heterocycles. The van der Waals surface area contributed by atoms with E-state index in [9.17, 15) is 14.4 Å². The highest BCUT2D eigenvalue weighted by atomic mass is 16.4. The number of hydrogen-bond donors (Lipinski definition) is 3. The highest BCUT2D eigenvalue weighted by molar-refractivity contribution is 6.00. The molecular formula is C17H19N3O5. The van der Waals surface area contributed by atoms with E-state index in [1.54, 1.807) is 18.2 Å². The molecule has 2 rings (SSSR count). The first kappa shape index (κ1) is 18.2. The lowest BCUT2D eigenvalue weighted by atomic mass is 10.0. The Morgan fingerprint density at radius 2 is 2.12 bits per heavy atom. The monoisotopic (exact) mass is 345 g/mol. The molecule has 1 atom stereocenters. The van der Waals surface area contributed by atoms with Crippen LogP contribution in [0.15, 0.2) is 35.2 Å². The third-order valence-corrected chi connectivity index (χ3v) is 3.47. The van der Waals surface area contributed by atoms with Crippen molar-refractivity contribution < 1.29 is 23.9 Å². The number of nitrogens with one attached hydrogen (secondary N) is 2. The van der Waals surface area contributed by atoms with Gasteiger partial charge in [-0.05, 0) is 30.5 Å². The first-order valence-corrected chi connectivity index (χ1v) is 7.69. The summed E-state index contributed by atoms with van der Waals surface area (Å²) in [4.78, 5) is 38.4. The SMILES string of the molecule is CC(C)CC(NC(=O)O)C(=O)Nc1ccc(-c2cnco2)cc1C=O. The lowest BCUT2D eigenvalue weighted by Gasteiger charge is -2.19. The van der Waals surface area contributed by atoms with Crippen molar-refractivity contribution in [1.82, 2.24) is 10.3 Å². The van der Waals surface area contributed by atoms with Gasteiger partial charge in [-0.1, -0.05) is 13.8 Å².